The lowest BCUT2D eigenvalue weighted by atomic mass is 9.91. The van der Waals surface area contributed by atoms with Crippen LogP contribution in [-0.2, 0) is 0 Å². The van der Waals surface area contributed by atoms with Crippen molar-refractivity contribution in [3.05, 3.63) is 23.0 Å². The van der Waals surface area contributed by atoms with Crippen molar-refractivity contribution < 1.29 is 4.79 Å². The normalized spacial score (nSPS) is 23.1. The van der Waals surface area contributed by atoms with Crippen LogP contribution < -0.4 is 5.73 Å². The summed E-state index contributed by atoms with van der Waals surface area (Å²) in [7, 11) is 1.88. The van der Waals surface area contributed by atoms with E-state index in [1.165, 1.54) is 0 Å². The van der Waals surface area contributed by atoms with Crippen molar-refractivity contribution in [1.82, 2.24) is 9.47 Å². The summed E-state index contributed by atoms with van der Waals surface area (Å²) in [5, 5.41) is 0.612. The van der Waals surface area contributed by atoms with Crippen LogP contribution in [0.2, 0.25) is 5.02 Å². The number of hydrogen-bond donors (Lipinski definition) is 1. The maximum absolute atomic E-state index is 12.7. The van der Waals surface area contributed by atoms with E-state index in [9.17, 15) is 4.79 Å². The van der Waals surface area contributed by atoms with Crippen molar-refractivity contribution in [3.63, 3.8) is 0 Å². The number of amides is 1. The van der Waals surface area contributed by atoms with Crippen molar-refractivity contribution in [1.29, 1.82) is 0 Å². The van der Waals surface area contributed by atoms with E-state index >= 15 is 0 Å². The third-order valence-corrected chi connectivity index (χ3v) is 4.41. The van der Waals surface area contributed by atoms with Gasteiger partial charge in [0.05, 0.1) is 5.02 Å². The fourth-order valence-corrected chi connectivity index (χ4v) is 3.09. The molecule has 0 bridgehead atoms. The average molecular weight is 298 g/mol. The first-order valence-electron chi connectivity index (χ1n) is 7.30. The van der Waals surface area contributed by atoms with Crippen LogP contribution in [0.3, 0.4) is 0 Å². The maximum atomic E-state index is 12.7. The van der Waals surface area contributed by atoms with Gasteiger partial charge in [0, 0.05) is 31.4 Å². The zero-order valence-electron chi connectivity index (χ0n) is 12.5. The molecule has 1 aromatic rings. The lowest BCUT2D eigenvalue weighted by Crippen LogP contribution is -2.42. The van der Waals surface area contributed by atoms with Crippen LogP contribution in [-0.4, -0.2) is 34.5 Å². The molecule has 112 valence electrons. The molecule has 0 atom stereocenters. The largest absolute Gasteiger partial charge is 0.339 e. The van der Waals surface area contributed by atoms with E-state index in [0.29, 0.717) is 16.8 Å². The van der Waals surface area contributed by atoms with Gasteiger partial charge in [-0.05, 0) is 45.6 Å². The summed E-state index contributed by atoms with van der Waals surface area (Å²) in [6.45, 7) is 4.10. The number of rotatable bonds is 3. The van der Waals surface area contributed by atoms with Gasteiger partial charge >= 0.3 is 0 Å². The molecule has 1 amide bonds. The minimum Gasteiger partial charge on any atom is -0.339 e. The van der Waals surface area contributed by atoms with Gasteiger partial charge in [0.1, 0.15) is 5.69 Å². The average Bonchev–Trinajstić information content (AvgIpc) is 2.80. The first-order valence-corrected chi connectivity index (χ1v) is 7.68. The second kappa shape index (κ2) is 6.19. The summed E-state index contributed by atoms with van der Waals surface area (Å²) in [6, 6.07) is 2.56. The Hall–Kier alpha value is -1.00. The number of carbonyl (C=O) groups excluding carboxylic acids is 1. The van der Waals surface area contributed by atoms with Crippen LogP contribution in [0.15, 0.2) is 12.3 Å². The number of hydrogen-bond acceptors (Lipinski definition) is 2. The summed E-state index contributed by atoms with van der Waals surface area (Å²) in [6.07, 6.45) is 5.78. The summed E-state index contributed by atoms with van der Waals surface area (Å²) >= 11 is 6.06. The predicted molar refractivity (Wildman–Crippen MR) is 82.2 cm³/mol. The first-order chi connectivity index (χ1) is 9.40. The number of halogens is 1. The van der Waals surface area contributed by atoms with E-state index in [-0.39, 0.29) is 18.0 Å². The molecule has 1 aromatic heterocycles. The second-order valence-corrected chi connectivity index (χ2v) is 6.47. The van der Waals surface area contributed by atoms with Crippen LogP contribution in [0.25, 0.3) is 0 Å². The fourth-order valence-electron chi connectivity index (χ4n) is 2.88. The van der Waals surface area contributed by atoms with Crippen molar-refractivity contribution in [3.8, 4) is 0 Å². The molecule has 0 spiro atoms. The van der Waals surface area contributed by atoms with E-state index in [4.69, 9.17) is 17.3 Å². The molecule has 20 heavy (non-hydrogen) atoms. The van der Waals surface area contributed by atoms with E-state index in [2.05, 4.69) is 0 Å². The monoisotopic (exact) mass is 297 g/mol. The first kappa shape index (κ1) is 15.4. The molecule has 0 aliphatic heterocycles. The van der Waals surface area contributed by atoms with Gasteiger partial charge in [-0.1, -0.05) is 11.6 Å². The lowest BCUT2D eigenvalue weighted by molar-refractivity contribution is 0.0677. The Balaban J connectivity index is 2.14. The Morgan fingerprint density at radius 3 is 2.55 bits per heavy atom. The number of nitrogens with two attached hydrogens (primary N) is 1. The van der Waals surface area contributed by atoms with Crippen molar-refractivity contribution in [2.24, 2.45) is 5.73 Å². The van der Waals surface area contributed by atoms with Crippen LogP contribution >= 0.6 is 11.6 Å². The SMILES string of the molecule is CC(C)n1cc(Cl)cc1C(=O)N(C)C1CCC(N)CC1. The Labute approximate surface area is 125 Å². The Morgan fingerprint density at radius 2 is 2.00 bits per heavy atom. The molecule has 0 unspecified atom stereocenters. The smallest absolute Gasteiger partial charge is 0.270 e. The van der Waals surface area contributed by atoms with Gasteiger partial charge in [-0.3, -0.25) is 4.79 Å². The minimum absolute atomic E-state index is 0.0473. The fraction of sp³-hybridized carbons (Fsp3) is 0.667. The standard InChI is InChI=1S/C15H24ClN3O/c1-10(2)19-9-11(16)8-14(19)15(20)18(3)13-6-4-12(17)5-7-13/h8-10,12-13H,4-7,17H2,1-3H3. The van der Waals surface area contributed by atoms with Crippen molar-refractivity contribution in [2.75, 3.05) is 7.05 Å². The molecule has 2 N–H and O–H groups in total. The van der Waals surface area contributed by atoms with Gasteiger partial charge in [0.15, 0.2) is 0 Å². The molecule has 0 aromatic carbocycles. The highest BCUT2D eigenvalue weighted by atomic mass is 35.5. The maximum Gasteiger partial charge on any atom is 0.270 e. The lowest BCUT2D eigenvalue weighted by Gasteiger charge is -2.33. The van der Waals surface area contributed by atoms with Crippen molar-refractivity contribution >= 4 is 17.5 Å². The molecule has 0 saturated heterocycles. The number of carbonyl (C=O) groups is 1. The highest BCUT2D eigenvalue weighted by Crippen LogP contribution is 2.25. The van der Waals surface area contributed by atoms with Crippen LogP contribution in [0, 0.1) is 0 Å². The van der Waals surface area contributed by atoms with Crippen LogP contribution in [0.4, 0.5) is 0 Å². The Morgan fingerprint density at radius 1 is 1.40 bits per heavy atom. The summed E-state index contributed by atoms with van der Waals surface area (Å²) in [4.78, 5) is 14.5. The van der Waals surface area contributed by atoms with E-state index < -0.39 is 0 Å². The van der Waals surface area contributed by atoms with Gasteiger partial charge in [0.25, 0.3) is 5.91 Å². The van der Waals surface area contributed by atoms with Crippen molar-refractivity contribution in [2.45, 2.75) is 57.7 Å². The van der Waals surface area contributed by atoms with Crippen LogP contribution in [0.5, 0.6) is 0 Å². The third kappa shape index (κ3) is 3.18. The highest BCUT2D eigenvalue weighted by Gasteiger charge is 2.27. The number of aromatic nitrogens is 1. The molecule has 0 radical (unpaired) electrons. The summed E-state index contributed by atoms with van der Waals surface area (Å²) < 4.78 is 1.94. The van der Waals surface area contributed by atoms with E-state index in [0.717, 1.165) is 25.7 Å². The summed E-state index contributed by atoms with van der Waals surface area (Å²) in [5.74, 6) is 0.0473. The van der Waals surface area contributed by atoms with Gasteiger partial charge in [-0.15, -0.1) is 0 Å². The molecular weight excluding hydrogens is 274 g/mol. The Bertz CT molecular complexity index is 475. The van der Waals surface area contributed by atoms with Gasteiger partial charge < -0.3 is 15.2 Å². The number of nitrogens with zero attached hydrogens (tertiary/aromatic N) is 2. The molecule has 1 heterocycles. The van der Waals surface area contributed by atoms with Gasteiger partial charge in [-0.2, -0.15) is 0 Å². The predicted octanol–water partition coefficient (Wildman–Crippen LogP) is 3.06. The molecule has 2 rings (SSSR count). The molecule has 1 saturated carbocycles. The molecule has 1 aliphatic carbocycles. The van der Waals surface area contributed by atoms with E-state index in [1.807, 2.05) is 36.6 Å². The zero-order chi connectivity index (χ0) is 14.9. The molecule has 1 fully saturated rings. The quantitative estimate of drug-likeness (QED) is 0.932. The molecule has 4 nitrogen and oxygen atoms in total. The highest BCUT2D eigenvalue weighted by molar-refractivity contribution is 6.31. The Kier molecular flexibility index (Phi) is 4.76. The van der Waals surface area contributed by atoms with Crippen LogP contribution in [0.1, 0.15) is 56.1 Å². The van der Waals surface area contributed by atoms with Gasteiger partial charge in [-0.25, -0.2) is 0 Å². The molecule has 5 heteroatoms. The summed E-state index contributed by atoms with van der Waals surface area (Å²) in [5.41, 5.74) is 6.60. The zero-order valence-corrected chi connectivity index (χ0v) is 13.2. The molecular formula is C15H24ClN3O. The van der Waals surface area contributed by atoms with E-state index in [1.54, 1.807) is 6.07 Å². The topological polar surface area (TPSA) is 51.3 Å². The second-order valence-electron chi connectivity index (χ2n) is 6.03. The minimum atomic E-state index is 0.0473. The van der Waals surface area contributed by atoms with Gasteiger partial charge in [0.2, 0.25) is 0 Å². The third-order valence-electron chi connectivity index (χ3n) is 4.20. The molecule has 1 aliphatic rings.